The highest BCUT2D eigenvalue weighted by molar-refractivity contribution is 6.29. The van der Waals surface area contributed by atoms with E-state index in [0.29, 0.717) is 43.3 Å². The zero-order valence-electron chi connectivity index (χ0n) is 12.7. The van der Waals surface area contributed by atoms with Crippen LogP contribution in [0.15, 0.2) is 45.4 Å². The second kappa shape index (κ2) is 7.74. The zero-order chi connectivity index (χ0) is 16.8. The molecule has 1 aromatic carbocycles. The predicted octanol–water partition coefficient (Wildman–Crippen LogP) is 2.67. The molecule has 0 fully saturated rings. The minimum atomic E-state index is -0.0923. The quantitative estimate of drug-likeness (QED) is 0.706. The molecular formula is C16H15ClN4O3. The maximum absolute atomic E-state index is 11.8. The lowest BCUT2D eigenvalue weighted by molar-refractivity contribution is -0.121. The van der Waals surface area contributed by atoms with E-state index in [1.165, 1.54) is 0 Å². The van der Waals surface area contributed by atoms with E-state index < -0.39 is 0 Å². The first kappa shape index (κ1) is 16.2. The van der Waals surface area contributed by atoms with E-state index in [1.807, 2.05) is 30.3 Å². The van der Waals surface area contributed by atoms with Gasteiger partial charge in [0.05, 0.1) is 0 Å². The fourth-order valence-corrected chi connectivity index (χ4v) is 2.26. The number of nitrogens with one attached hydrogen (secondary N) is 1. The molecule has 7 nitrogen and oxygen atoms in total. The lowest BCUT2D eigenvalue weighted by Crippen LogP contribution is -2.25. The summed E-state index contributed by atoms with van der Waals surface area (Å²) in [6, 6.07) is 11.2. The summed E-state index contributed by atoms with van der Waals surface area (Å²) >= 11 is 5.64. The molecule has 2 heterocycles. The molecule has 0 atom stereocenters. The topological polar surface area (TPSA) is 94.1 Å². The van der Waals surface area contributed by atoms with Crippen molar-refractivity contribution >= 4 is 17.5 Å². The maximum Gasteiger partial charge on any atom is 0.228 e. The molecule has 0 unspecified atom stereocenters. The molecule has 8 heteroatoms. The van der Waals surface area contributed by atoms with Gasteiger partial charge in [0.15, 0.2) is 5.15 Å². The van der Waals surface area contributed by atoms with Crippen LogP contribution in [0.3, 0.4) is 0 Å². The van der Waals surface area contributed by atoms with Crippen LogP contribution in [0, 0.1) is 0 Å². The van der Waals surface area contributed by atoms with Crippen molar-refractivity contribution in [2.24, 2.45) is 0 Å². The molecular weight excluding hydrogens is 332 g/mol. The first-order chi connectivity index (χ1) is 11.7. The van der Waals surface area contributed by atoms with Crippen LogP contribution in [0.5, 0.6) is 0 Å². The predicted molar refractivity (Wildman–Crippen MR) is 86.3 cm³/mol. The fourth-order valence-electron chi connectivity index (χ4n) is 2.10. The minimum absolute atomic E-state index is 0.0923. The molecule has 0 aliphatic heterocycles. The molecule has 0 saturated heterocycles. The van der Waals surface area contributed by atoms with Gasteiger partial charge in [-0.05, 0) is 0 Å². The highest BCUT2D eigenvalue weighted by Crippen LogP contribution is 2.14. The van der Waals surface area contributed by atoms with Crippen molar-refractivity contribution in [2.75, 3.05) is 6.54 Å². The van der Waals surface area contributed by atoms with Gasteiger partial charge < -0.3 is 14.4 Å². The number of aryl methyl sites for hydroxylation is 1. The molecule has 3 aromatic rings. The van der Waals surface area contributed by atoms with Crippen molar-refractivity contribution in [2.45, 2.75) is 19.3 Å². The number of halogens is 1. The summed E-state index contributed by atoms with van der Waals surface area (Å²) in [4.78, 5) is 16.1. The third kappa shape index (κ3) is 4.42. The third-order valence-corrected chi connectivity index (χ3v) is 3.47. The Labute approximate surface area is 143 Å². The summed E-state index contributed by atoms with van der Waals surface area (Å²) in [6.45, 7) is 0.423. The van der Waals surface area contributed by atoms with Crippen LogP contribution in [0.2, 0.25) is 5.15 Å². The molecule has 1 amide bonds. The Kier molecular flexibility index (Phi) is 5.22. The van der Waals surface area contributed by atoms with E-state index in [4.69, 9.17) is 20.6 Å². The summed E-state index contributed by atoms with van der Waals surface area (Å²) in [5.74, 6) is 1.51. The van der Waals surface area contributed by atoms with Gasteiger partial charge in [-0.2, -0.15) is 4.98 Å². The Morgan fingerprint density at radius 1 is 1.12 bits per heavy atom. The number of benzene rings is 1. The summed E-state index contributed by atoms with van der Waals surface area (Å²) < 4.78 is 10.1. The second-order valence-corrected chi connectivity index (χ2v) is 5.48. The normalized spacial score (nSPS) is 10.7. The molecule has 0 aliphatic carbocycles. The molecule has 0 aliphatic rings. The van der Waals surface area contributed by atoms with Crippen molar-refractivity contribution in [3.8, 4) is 11.4 Å². The average Bonchev–Trinajstić information content (AvgIpc) is 3.23. The van der Waals surface area contributed by atoms with E-state index in [-0.39, 0.29) is 11.1 Å². The van der Waals surface area contributed by atoms with Gasteiger partial charge in [0.2, 0.25) is 17.6 Å². The zero-order valence-corrected chi connectivity index (χ0v) is 13.5. The molecule has 0 radical (unpaired) electrons. The van der Waals surface area contributed by atoms with Crippen LogP contribution >= 0.6 is 11.6 Å². The lowest BCUT2D eigenvalue weighted by Gasteiger charge is -2.01. The Morgan fingerprint density at radius 3 is 2.71 bits per heavy atom. The summed E-state index contributed by atoms with van der Waals surface area (Å²) in [6.07, 6.45) is 1.22. The number of aromatic nitrogens is 3. The highest BCUT2D eigenvalue weighted by Gasteiger charge is 2.10. The Bertz CT molecular complexity index is 801. The first-order valence-corrected chi connectivity index (χ1v) is 7.84. The molecule has 0 saturated carbocycles. The standard InChI is InChI=1S/C16H15ClN4O3/c17-13-10-12(23-20-13)6-7-14(22)18-9-8-15-19-16(21-24-15)11-4-2-1-3-5-11/h1-5,10H,6-9H2,(H,18,22). The van der Waals surface area contributed by atoms with Crippen LogP contribution in [-0.4, -0.2) is 27.7 Å². The van der Waals surface area contributed by atoms with E-state index in [1.54, 1.807) is 6.07 Å². The Morgan fingerprint density at radius 2 is 1.96 bits per heavy atom. The van der Waals surface area contributed by atoms with Crippen LogP contribution in [0.25, 0.3) is 11.4 Å². The monoisotopic (exact) mass is 346 g/mol. The van der Waals surface area contributed by atoms with Gasteiger partial charge in [0, 0.05) is 37.4 Å². The molecule has 3 rings (SSSR count). The molecule has 0 bridgehead atoms. The Hall–Kier alpha value is -2.67. The number of nitrogens with zero attached hydrogens (tertiary/aromatic N) is 3. The lowest BCUT2D eigenvalue weighted by atomic mass is 10.2. The summed E-state index contributed by atoms with van der Waals surface area (Å²) in [5.41, 5.74) is 0.891. The number of carbonyl (C=O) groups excluding carboxylic acids is 1. The first-order valence-electron chi connectivity index (χ1n) is 7.46. The smallest absolute Gasteiger partial charge is 0.228 e. The number of amides is 1. The van der Waals surface area contributed by atoms with E-state index in [9.17, 15) is 4.79 Å². The van der Waals surface area contributed by atoms with Crippen LogP contribution in [0.4, 0.5) is 0 Å². The van der Waals surface area contributed by atoms with Crippen LogP contribution in [-0.2, 0) is 17.6 Å². The summed E-state index contributed by atoms with van der Waals surface area (Å²) in [7, 11) is 0. The van der Waals surface area contributed by atoms with Gasteiger partial charge in [-0.3, -0.25) is 4.79 Å². The van der Waals surface area contributed by atoms with Crippen LogP contribution in [0.1, 0.15) is 18.1 Å². The molecule has 2 aromatic heterocycles. The second-order valence-electron chi connectivity index (χ2n) is 5.09. The molecule has 24 heavy (non-hydrogen) atoms. The van der Waals surface area contributed by atoms with Gasteiger partial charge >= 0.3 is 0 Å². The van der Waals surface area contributed by atoms with Crippen LogP contribution < -0.4 is 5.32 Å². The van der Waals surface area contributed by atoms with Crippen molar-refractivity contribution in [1.82, 2.24) is 20.6 Å². The molecule has 0 spiro atoms. The van der Waals surface area contributed by atoms with Gasteiger partial charge in [0.25, 0.3) is 0 Å². The van der Waals surface area contributed by atoms with Crippen molar-refractivity contribution in [3.05, 3.63) is 53.2 Å². The minimum Gasteiger partial charge on any atom is -0.360 e. The van der Waals surface area contributed by atoms with E-state index in [0.717, 1.165) is 5.56 Å². The number of rotatable bonds is 7. The van der Waals surface area contributed by atoms with Gasteiger partial charge in [-0.25, -0.2) is 0 Å². The van der Waals surface area contributed by atoms with E-state index in [2.05, 4.69) is 20.6 Å². The molecule has 124 valence electrons. The van der Waals surface area contributed by atoms with Crippen molar-refractivity contribution in [1.29, 1.82) is 0 Å². The number of hydrogen-bond donors (Lipinski definition) is 1. The largest absolute Gasteiger partial charge is 0.360 e. The van der Waals surface area contributed by atoms with Crippen molar-refractivity contribution in [3.63, 3.8) is 0 Å². The fraction of sp³-hybridized carbons (Fsp3) is 0.250. The Balaban J connectivity index is 1.41. The van der Waals surface area contributed by atoms with Gasteiger partial charge in [-0.1, -0.05) is 52.2 Å². The van der Waals surface area contributed by atoms with E-state index >= 15 is 0 Å². The van der Waals surface area contributed by atoms with Gasteiger partial charge in [-0.15, -0.1) is 0 Å². The SMILES string of the molecule is O=C(CCc1cc(Cl)no1)NCCc1nc(-c2ccccc2)no1. The van der Waals surface area contributed by atoms with Gasteiger partial charge in [0.1, 0.15) is 5.76 Å². The maximum atomic E-state index is 11.8. The third-order valence-electron chi connectivity index (χ3n) is 3.29. The molecule has 1 N–H and O–H groups in total. The number of hydrogen-bond acceptors (Lipinski definition) is 6. The number of carbonyl (C=O) groups is 1. The average molecular weight is 347 g/mol. The highest BCUT2D eigenvalue weighted by atomic mass is 35.5. The van der Waals surface area contributed by atoms with Crippen molar-refractivity contribution < 1.29 is 13.8 Å². The summed E-state index contributed by atoms with van der Waals surface area (Å²) in [5, 5.41) is 10.6.